The molecule has 0 aromatic heterocycles. The molecular weight excluding hydrogens is 166 g/mol. The zero-order valence-corrected chi connectivity index (χ0v) is 7.26. The Morgan fingerprint density at radius 3 is 2.54 bits per heavy atom. The number of aliphatic hydroxyl groups excluding tert-OH is 1. The van der Waals surface area contributed by atoms with Crippen molar-refractivity contribution in [1.29, 1.82) is 0 Å². The maximum absolute atomic E-state index is 10.1. The quantitative estimate of drug-likeness (QED) is 0.666. The summed E-state index contributed by atoms with van der Waals surface area (Å²) >= 11 is 0. The van der Waals surface area contributed by atoms with Crippen molar-refractivity contribution < 1.29 is 9.90 Å². The summed E-state index contributed by atoms with van der Waals surface area (Å²) in [5.74, 6) is 0. The van der Waals surface area contributed by atoms with E-state index in [2.05, 4.69) is 0 Å². The second-order valence-electron chi connectivity index (χ2n) is 2.91. The lowest BCUT2D eigenvalue weighted by molar-refractivity contribution is -0.109. The molecule has 1 aromatic carbocycles. The number of rotatable bonds is 4. The van der Waals surface area contributed by atoms with Gasteiger partial charge in [-0.05, 0) is 5.56 Å². The Balaban J connectivity index is 2.67. The van der Waals surface area contributed by atoms with Crippen LogP contribution in [0.2, 0.25) is 0 Å². The molecule has 1 rings (SSSR count). The molecule has 3 heteroatoms. The van der Waals surface area contributed by atoms with Crippen molar-refractivity contribution in [1.82, 2.24) is 0 Å². The van der Waals surface area contributed by atoms with Gasteiger partial charge in [-0.15, -0.1) is 0 Å². The molecule has 0 bridgehead atoms. The van der Waals surface area contributed by atoms with Crippen LogP contribution < -0.4 is 5.73 Å². The number of aliphatic hydroxyl groups is 1. The number of carbonyl (C=O) groups excluding carboxylic acids is 1. The highest BCUT2D eigenvalue weighted by atomic mass is 16.3. The van der Waals surface area contributed by atoms with E-state index in [4.69, 9.17) is 5.73 Å². The minimum Gasteiger partial charge on any atom is -0.391 e. The molecule has 3 nitrogen and oxygen atoms in total. The Morgan fingerprint density at radius 1 is 1.38 bits per heavy atom. The van der Waals surface area contributed by atoms with Crippen molar-refractivity contribution in [3.63, 3.8) is 0 Å². The first kappa shape index (κ1) is 9.89. The first-order chi connectivity index (χ1) is 6.25. The molecule has 2 atom stereocenters. The Morgan fingerprint density at radius 2 is 2.00 bits per heavy atom. The van der Waals surface area contributed by atoms with Gasteiger partial charge >= 0.3 is 0 Å². The molecule has 3 N–H and O–H groups in total. The zero-order chi connectivity index (χ0) is 9.68. The van der Waals surface area contributed by atoms with Crippen molar-refractivity contribution >= 4 is 6.29 Å². The summed E-state index contributed by atoms with van der Waals surface area (Å²) in [6.45, 7) is 0. The van der Waals surface area contributed by atoms with Gasteiger partial charge in [-0.25, -0.2) is 0 Å². The van der Waals surface area contributed by atoms with Crippen LogP contribution in [0, 0.1) is 0 Å². The Bertz CT molecular complexity index is 261. The predicted octanol–water partition coefficient (Wildman–Crippen LogP) is 0.636. The van der Waals surface area contributed by atoms with E-state index in [9.17, 15) is 9.90 Å². The van der Waals surface area contributed by atoms with E-state index in [-0.39, 0.29) is 6.42 Å². The van der Waals surface area contributed by atoms with E-state index in [1.807, 2.05) is 30.3 Å². The van der Waals surface area contributed by atoms with Crippen molar-refractivity contribution in [3.05, 3.63) is 35.9 Å². The molecule has 0 fully saturated rings. The van der Waals surface area contributed by atoms with Gasteiger partial charge in [0, 0.05) is 6.42 Å². The maximum Gasteiger partial charge on any atom is 0.122 e. The third kappa shape index (κ3) is 2.65. The molecule has 0 amide bonds. The number of nitrogens with two attached hydrogens (primary N) is 1. The second kappa shape index (κ2) is 4.74. The summed E-state index contributed by atoms with van der Waals surface area (Å²) in [5.41, 5.74) is 6.56. The van der Waals surface area contributed by atoms with Crippen LogP contribution in [-0.4, -0.2) is 17.5 Å². The number of carbonyl (C=O) groups is 1. The molecule has 0 radical (unpaired) electrons. The van der Waals surface area contributed by atoms with Crippen molar-refractivity contribution in [2.24, 2.45) is 5.73 Å². The van der Waals surface area contributed by atoms with Gasteiger partial charge in [0.25, 0.3) is 0 Å². The van der Waals surface area contributed by atoms with Crippen LogP contribution in [0.5, 0.6) is 0 Å². The average Bonchev–Trinajstić information content (AvgIpc) is 2.18. The van der Waals surface area contributed by atoms with Gasteiger partial charge in [0.1, 0.15) is 6.29 Å². The van der Waals surface area contributed by atoms with Gasteiger partial charge in [-0.3, -0.25) is 0 Å². The van der Waals surface area contributed by atoms with Crippen LogP contribution in [0.4, 0.5) is 0 Å². The molecule has 13 heavy (non-hydrogen) atoms. The van der Waals surface area contributed by atoms with Crippen molar-refractivity contribution in [2.75, 3.05) is 0 Å². The Hall–Kier alpha value is -1.19. The zero-order valence-electron chi connectivity index (χ0n) is 7.26. The van der Waals surface area contributed by atoms with Gasteiger partial charge < -0.3 is 15.6 Å². The monoisotopic (exact) mass is 179 g/mol. The fourth-order valence-corrected chi connectivity index (χ4v) is 1.14. The van der Waals surface area contributed by atoms with E-state index >= 15 is 0 Å². The lowest BCUT2D eigenvalue weighted by atomic mass is 10.0. The number of benzene rings is 1. The van der Waals surface area contributed by atoms with Crippen LogP contribution in [0.3, 0.4) is 0 Å². The first-order valence-electron chi connectivity index (χ1n) is 4.18. The molecule has 1 aromatic rings. The summed E-state index contributed by atoms with van der Waals surface area (Å²) in [6.07, 6.45) is -0.0383. The van der Waals surface area contributed by atoms with E-state index < -0.39 is 12.1 Å². The van der Waals surface area contributed by atoms with Crippen molar-refractivity contribution in [3.8, 4) is 0 Å². The van der Waals surface area contributed by atoms with E-state index in [1.165, 1.54) is 0 Å². The SMILES string of the molecule is NC(c1ccccc1)C(O)CC=O. The molecule has 70 valence electrons. The van der Waals surface area contributed by atoms with Crippen LogP contribution >= 0.6 is 0 Å². The van der Waals surface area contributed by atoms with Gasteiger partial charge in [-0.1, -0.05) is 30.3 Å². The number of aldehydes is 1. The van der Waals surface area contributed by atoms with Gasteiger partial charge in [0.2, 0.25) is 0 Å². The normalized spacial score (nSPS) is 14.9. The molecule has 0 aliphatic carbocycles. The molecule has 0 aliphatic heterocycles. The summed E-state index contributed by atoms with van der Waals surface area (Å²) in [5, 5.41) is 9.41. The highest BCUT2D eigenvalue weighted by molar-refractivity contribution is 5.50. The van der Waals surface area contributed by atoms with Crippen LogP contribution in [-0.2, 0) is 4.79 Å². The van der Waals surface area contributed by atoms with Gasteiger partial charge in [0.05, 0.1) is 12.1 Å². The molecule has 0 saturated heterocycles. The number of hydrogen-bond donors (Lipinski definition) is 2. The highest BCUT2D eigenvalue weighted by Crippen LogP contribution is 2.14. The van der Waals surface area contributed by atoms with Gasteiger partial charge in [-0.2, -0.15) is 0 Å². The summed E-state index contributed by atoms with van der Waals surface area (Å²) < 4.78 is 0. The van der Waals surface area contributed by atoms with Crippen molar-refractivity contribution in [2.45, 2.75) is 18.6 Å². The lowest BCUT2D eigenvalue weighted by Crippen LogP contribution is -2.26. The summed E-state index contributed by atoms with van der Waals surface area (Å²) in [7, 11) is 0. The predicted molar refractivity (Wildman–Crippen MR) is 50.1 cm³/mol. The van der Waals surface area contributed by atoms with E-state index in [0.717, 1.165) is 5.56 Å². The third-order valence-electron chi connectivity index (χ3n) is 1.94. The minimum absolute atomic E-state index is 0.0794. The number of hydrogen-bond acceptors (Lipinski definition) is 3. The maximum atomic E-state index is 10.1. The summed E-state index contributed by atoms with van der Waals surface area (Å²) in [6, 6.07) is 8.76. The lowest BCUT2D eigenvalue weighted by Gasteiger charge is -2.16. The standard InChI is InChI=1S/C10H13NO2/c11-10(9(13)6-7-12)8-4-2-1-3-5-8/h1-5,7,9-10,13H,6,11H2. The smallest absolute Gasteiger partial charge is 0.122 e. The fourth-order valence-electron chi connectivity index (χ4n) is 1.14. The van der Waals surface area contributed by atoms with Gasteiger partial charge in [0.15, 0.2) is 0 Å². The van der Waals surface area contributed by atoms with E-state index in [1.54, 1.807) is 0 Å². The van der Waals surface area contributed by atoms with Crippen LogP contribution in [0.15, 0.2) is 30.3 Å². The third-order valence-corrected chi connectivity index (χ3v) is 1.94. The largest absolute Gasteiger partial charge is 0.391 e. The fraction of sp³-hybridized carbons (Fsp3) is 0.300. The molecule has 0 aliphatic rings. The minimum atomic E-state index is -0.792. The van der Waals surface area contributed by atoms with Crippen LogP contribution in [0.1, 0.15) is 18.0 Å². The molecular formula is C10H13NO2. The topological polar surface area (TPSA) is 63.3 Å². The summed E-state index contributed by atoms with van der Waals surface area (Å²) in [4.78, 5) is 10.1. The van der Waals surface area contributed by atoms with E-state index in [0.29, 0.717) is 6.29 Å². The highest BCUT2D eigenvalue weighted by Gasteiger charge is 2.15. The molecule has 0 spiro atoms. The second-order valence-corrected chi connectivity index (χ2v) is 2.91. The Labute approximate surface area is 77.2 Å². The molecule has 0 heterocycles. The average molecular weight is 179 g/mol. The molecule has 2 unspecified atom stereocenters. The Kier molecular flexibility index (Phi) is 3.61. The van der Waals surface area contributed by atoms with Crippen LogP contribution in [0.25, 0.3) is 0 Å². The molecule has 0 saturated carbocycles. The first-order valence-corrected chi connectivity index (χ1v) is 4.18.